The number of amides is 1. The summed E-state index contributed by atoms with van der Waals surface area (Å²) in [7, 11) is 1.35. The standard InChI is InChI=1S/C15H14N2O3S2/c1-10(18)16-15-17-11(9-21-15)3-4-12-5-6-13(22-12)7-8-14(19)20-2/h3-9H,1-2H3,(H,16,17,18). The molecule has 0 atom stereocenters. The van der Waals surface area contributed by atoms with Crippen molar-refractivity contribution in [2.75, 3.05) is 12.4 Å². The Morgan fingerprint density at radius 2 is 1.95 bits per heavy atom. The number of ether oxygens (including phenoxy) is 1. The molecule has 0 bridgehead atoms. The third kappa shape index (κ3) is 4.94. The van der Waals surface area contributed by atoms with Crippen LogP contribution in [0.25, 0.3) is 18.2 Å². The van der Waals surface area contributed by atoms with Crippen LogP contribution >= 0.6 is 22.7 Å². The minimum Gasteiger partial charge on any atom is -0.466 e. The summed E-state index contributed by atoms with van der Waals surface area (Å²) in [6, 6.07) is 3.88. The first-order valence-electron chi connectivity index (χ1n) is 6.34. The summed E-state index contributed by atoms with van der Waals surface area (Å²) in [6.45, 7) is 1.45. The smallest absolute Gasteiger partial charge is 0.330 e. The Kier molecular flexibility index (Phi) is 5.62. The summed E-state index contributed by atoms with van der Waals surface area (Å²) in [4.78, 5) is 28.2. The molecule has 0 spiro atoms. The molecule has 0 aliphatic heterocycles. The number of aromatic nitrogens is 1. The average molecular weight is 334 g/mol. The number of thiazole rings is 1. The molecule has 2 aromatic heterocycles. The molecule has 0 aliphatic rings. The monoisotopic (exact) mass is 334 g/mol. The van der Waals surface area contributed by atoms with Crippen LogP contribution in [0.4, 0.5) is 5.13 Å². The maximum Gasteiger partial charge on any atom is 0.330 e. The molecule has 2 rings (SSSR count). The fraction of sp³-hybridized carbons (Fsp3) is 0.133. The van der Waals surface area contributed by atoms with E-state index in [0.717, 1.165) is 15.4 Å². The Labute approximate surface area is 136 Å². The molecule has 2 aromatic rings. The number of thiophene rings is 1. The second-order valence-electron chi connectivity index (χ2n) is 4.19. The minimum absolute atomic E-state index is 0.134. The highest BCUT2D eigenvalue weighted by Crippen LogP contribution is 2.22. The highest BCUT2D eigenvalue weighted by molar-refractivity contribution is 7.14. The first-order valence-corrected chi connectivity index (χ1v) is 8.03. The van der Waals surface area contributed by atoms with Crippen molar-refractivity contribution in [2.45, 2.75) is 6.92 Å². The van der Waals surface area contributed by atoms with Gasteiger partial charge >= 0.3 is 5.97 Å². The molecule has 0 unspecified atom stereocenters. The van der Waals surface area contributed by atoms with Crippen molar-refractivity contribution in [1.29, 1.82) is 0 Å². The minimum atomic E-state index is -0.376. The maximum atomic E-state index is 11.0. The lowest BCUT2D eigenvalue weighted by atomic mass is 10.3. The summed E-state index contributed by atoms with van der Waals surface area (Å²) in [5.74, 6) is -0.511. The zero-order valence-corrected chi connectivity index (χ0v) is 13.7. The molecular weight excluding hydrogens is 320 g/mol. The van der Waals surface area contributed by atoms with Gasteiger partial charge in [-0.15, -0.1) is 22.7 Å². The van der Waals surface area contributed by atoms with Crippen LogP contribution in [0.5, 0.6) is 0 Å². The van der Waals surface area contributed by atoms with Crippen LogP contribution in [-0.4, -0.2) is 24.0 Å². The second kappa shape index (κ2) is 7.67. The number of methoxy groups -OCH3 is 1. The Morgan fingerprint density at radius 1 is 1.23 bits per heavy atom. The third-order valence-corrected chi connectivity index (χ3v) is 4.25. The molecule has 114 valence electrons. The Balaban J connectivity index is 2.00. The van der Waals surface area contributed by atoms with Gasteiger partial charge < -0.3 is 10.1 Å². The normalized spacial score (nSPS) is 11.2. The van der Waals surface area contributed by atoms with Crippen molar-refractivity contribution < 1.29 is 14.3 Å². The van der Waals surface area contributed by atoms with Gasteiger partial charge in [-0.05, 0) is 30.4 Å². The van der Waals surface area contributed by atoms with Crippen LogP contribution in [0.15, 0.2) is 23.6 Å². The van der Waals surface area contributed by atoms with Gasteiger partial charge in [-0.25, -0.2) is 9.78 Å². The maximum absolute atomic E-state index is 11.0. The quantitative estimate of drug-likeness (QED) is 0.671. The highest BCUT2D eigenvalue weighted by atomic mass is 32.1. The summed E-state index contributed by atoms with van der Waals surface area (Å²) >= 11 is 2.93. The molecule has 0 saturated heterocycles. The number of hydrogen-bond acceptors (Lipinski definition) is 6. The Morgan fingerprint density at radius 3 is 2.64 bits per heavy atom. The van der Waals surface area contributed by atoms with Gasteiger partial charge in [-0.1, -0.05) is 0 Å². The number of esters is 1. The lowest BCUT2D eigenvalue weighted by molar-refractivity contribution is -0.134. The largest absolute Gasteiger partial charge is 0.466 e. The van der Waals surface area contributed by atoms with E-state index < -0.39 is 0 Å². The lowest BCUT2D eigenvalue weighted by Crippen LogP contribution is -2.04. The van der Waals surface area contributed by atoms with Crippen molar-refractivity contribution in [2.24, 2.45) is 0 Å². The molecular formula is C15H14N2O3S2. The zero-order chi connectivity index (χ0) is 15.9. The number of hydrogen-bond donors (Lipinski definition) is 1. The predicted molar refractivity (Wildman–Crippen MR) is 90.7 cm³/mol. The fourth-order valence-electron chi connectivity index (χ4n) is 1.50. The lowest BCUT2D eigenvalue weighted by Gasteiger charge is -1.92. The van der Waals surface area contributed by atoms with E-state index >= 15 is 0 Å². The zero-order valence-electron chi connectivity index (χ0n) is 12.0. The van der Waals surface area contributed by atoms with E-state index in [2.05, 4.69) is 15.0 Å². The summed E-state index contributed by atoms with van der Waals surface area (Å²) in [5.41, 5.74) is 0.786. The third-order valence-electron chi connectivity index (χ3n) is 2.46. The summed E-state index contributed by atoms with van der Waals surface area (Å²) < 4.78 is 4.54. The van der Waals surface area contributed by atoms with Gasteiger partial charge in [0.15, 0.2) is 5.13 Å². The van der Waals surface area contributed by atoms with Crippen LogP contribution in [0.1, 0.15) is 22.4 Å². The van der Waals surface area contributed by atoms with Gasteiger partial charge in [-0.2, -0.15) is 0 Å². The Bertz CT molecular complexity index is 729. The molecule has 2 heterocycles. The van der Waals surface area contributed by atoms with Crippen molar-refractivity contribution in [1.82, 2.24) is 4.98 Å². The van der Waals surface area contributed by atoms with E-state index in [1.165, 1.54) is 31.4 Å². The highest BCUT2D eigenvalue weighted by Gasteiger charge is 2.01. The first kappa shape index (κ1) is 16.1. The number of rotatable bonds is 5. The van der Waals surface area contributed by atoms with Gasteiger partial charge in [0.05, 0.1) is 12.8 Å². The van der Waals surface area contributed by atoms with Crippen molar-refractivity contribution in [3.05, 3.63) is 39.0 Å². The topological polar surface area (TPSA) is 68.3 Å². The molecule has 0 aromatic carbocycles. The van der Waals surface area contributed by atoms with E-state index in [1.807, 2.05) is 29.7 Å². The molecule has 0 radical (unpaired) electrons. The predicted octanol–water partition coefficient (Wildman–Crippen LogP) is 3.52. The molecule has 1 amide bonds. The molecule has 0 fully saturated rings. The van der Waals surface area contributed by atoms with E-state index in [4.69, 9.17) is 0 Å². The first-order chi connectivity index (χ1) is 10.6. The molecule has 22 heavy (non-hydrogen) atoms. The second-order valence-corrected chi connectivity index (χ2v) is 6.19. The van der Waals surface area contributed by atoms with E-state index in [9.17, 15) is 9.59 Å². The Hall–Kier alpha value is -2.25. The average Bonchev–Trinajstić information content (AvgIpc) is 3.11. The van der Waals surface area contributed by atoms with Gasteiger partial charge in [0, 0.05) is 28.1 Å². The number of carbonyl (C=O) groups is 2. The van der Waals surface area contributed by atoms with E-state index in [1.54, 1.807) is 17.4 Å². The van der Waals surface area contributed by atoms with Crippen molar-refractivity contribution in [3.63, 3.8) is 0 Å². The van der Waals surface area contributed by atoms with Gasteiger partial charge in [0.2, 0.25) is 5.91 Å². The summed E-state index contributed by atoms with van der Waals surface area (Å²) in [5, 5.41) is 5.10. The molecule has 5 nitrogen and oxygen atoms in total. The summed E-state index contributed by atoms with van der Waals surface area (Å²) in [6.07, 6.45) is 6.92. The van der Waals surface area contributed by atoms with Crippen LogP contribution in [0.3, 0.4) is 0 Å². The molecule has 0 aliphatic carbocycles. The van der Waals surface area contributed by atoms with Gasteiger partial charge in [-0.3, -0.25) is 4.79 Å². The molecule has 0 saturated carbocycles. The van der Waals surface area contributed by atoms with Crippen molar-refractivity contribution in [3.8, 4) is 0 Å². The number of nitrogens with one attached hydrogen (secondary N) is 1. The van der Waals surface area contributed by atoms with Crippen LogP contribution in [-0.2, 0) is 14.3 Å². The van der Waals surface area contributed by atoms with Crippen LogP contribution in [0.2, 0.25) is 0 Å². The number of nitrogens with zero attached hydrogens (tertiary/aromatic N) is 1. The van der Waals surface area contributed by atoms with Gasteiger partial charge in [0.25, 0.3) is 0 Å². The van der Waals surface area contributed by atoms with Crippen LogP contribution in [0, 0.1) is 0 Å². The number of carbonyl (C=O) groups excluding carboxylic acids is 2. The van der Waals surface area contributed by atoms with Gasteiger partial charge in [0.1, 0.15) is 0 Å². The molecule has 1 N–H and O–H groups in total. The van der Waals surface area contributed by atoms with E-state index in [-0.39, 0.29) is 11.9 Å². The SMILES string of the molecule is COC(=O)C=Cc1ccc(C=Cc2csc(NC(C)=O)n2)s1. The fourth-order valence-corrected chi connectivity index (χ4v) is 3.04. The van der Waals surface area contributed by atoms with Crippen molar-refractivity contribution >= 4 is 57.9 Å². The molecule has 7 heteroatoms. The van der Waals surface area contributed by atoms with Crippen LogP contribution < -0.4 is 5.32 Å². The van der Waals surface area contributed by atoms with E-state index in [0.29, 0.717) is 5.13 Å². The number of anilines is 1.